The van der Waals surface area contributed by atoms with Gasteiger partial charge >= 0.3 is 0 Å². The average molecular weight is 421 g/mol. The number of rotatable bonds is 9. The number of thioether (sulfide) groups is 1. The minimum Gasteiger partial charge on any atom is -0.494 e. The Balaban J connectivity index is 1.42. The Labute approximate surface area is 179 Å². The van der Waals surface area contributed by atoms with E-state index in [1.54, 1.807) is 36.3 Å². The maximum absolute atomic E-state index is 13.0. The van der Waals surface area contributed by atoms with Crippen molar-refractivity contribution < 1.29 is 9.13 Å². The van der Waals surface area contributed by atoms with E-state index < -0.39 is 0 Å². The molecule has 0 saturated heterocycles. The molecule has 0 N–H and O–H groups in total. The van der Waals surface area contributed by atoms with Gasteiger partial charge in [-0.05, 0) is 48.4 Å². The van der Waals surface area contributed by atoms with Crippen LogP contribution in [0.2, 0.25) is 0 Å². The van der Waals surface area contributed by atoms with E-state index in [9.17, 15) is 4.39 Å². The predicted octanol–water partition coefficient (Wildman–Crippen LogP) is 5.09. The van der Waals surface area contributed by atoms with Crippen molar-refractivity contribution in [3.63, 3.8) is 0 Å². The first-order valence-corrected chi connectivity index (χ1v) is 10.7. The third-order valence-electron chi connectivity index (χ3n) is 4.42. The molecule has 7 heteroatoms. The molecule has 0 unspecified atom stereocenters. The predicted molar refractivity (Wildman–Crippen MR) is 116 cm³/mol. The molecule has 2 heterocycles. The summed E-state index contributed by atoms with van der Waals surface area (Å²) < 4.78 is 20.7. The smallest absolute Gasteiger partial charge is 0.191 e. The standard InChI is InChI=1S/C23H21FN4OS/c24-20-9-11-21(12-10-20)29-14-5-15-30-23-27-26-22(19-8-4-13-25-16-19)28(23)17-18-6-2-1-3-7-18/h1-4,6-13,16H,5,14-15,17H2. The van der Waals surface area contributed by atoms with E-state index in [1.165, 1.54) is 17.7 Å². The summed E-state index contributed by atoms with van der Waals surface area (Å²) in [5.41, 5.74) is 2.12. The lowest BCUT2D eigenvalue weighted by molar-refractivity contribution is 0.318. The third-order valence-corrected chi connectivity index (χ3v) is 5.48. The Hall–Kier alpha value is -3.19. The molecule has 0 spiro atoms. The maximum atomic E-state index is 13.0. The van der Waals surface area contributed by atoms with Gasteiger partial charge in [0.05, 0.1) is 13.2 Å². The Morgan fingerprint density at radius 1 is 0.933 bits per heavy atom. The number of pyridine rings is 1. The Kier molecular flexibility index (Phi) is 6.72. The molecule has 0 amide bonds. The fourth-order valence-electron chi connectivity index (χ4n) is 2.96. The molecule has 0 saturated carbocycles. The molecule has 0 atom stereocenters. The maximum Gasteiger partial charge on any atom is 0.191 e. The molecule has 0 aliphatic rings. The van der Waals surface area contributed by atoms with Gasteiger partial charge < -0.3 is 4.74 Å². The summed E-state index contributed by atoms with van der Waals surface area (Å²) in [4.78, 5) is 4.21. The number of nitrogens with zero attached hydrogens (tertiary/aromatic N) is 4. The molecule has 2 aromatic heterocycles. The highest BCUT2D eigenvalue weighted by Crippen LogP contribution is 2.25. The molecule has 0 radical (unpaired) electrons. The number of hydrogen-bond donors (Lipinski definition) is 0. The molecule has 0 bridgehead atoms. The second-order valence-corrected chi connectivity index (χ2v) is 7.69. The Morgan fingerprint density at radius 2 is 1.77 bits per heavy atom. The average Bonchev–Trinajstić information content (AvgIpc) is 3.18. The first-order valence-electron chi connectivity index (χ1n) is 9.68. The van der Waals surface area contributed by atoms with Crippen LogP contribution in [0.1, 0.15) is 12.0 Å². The van der Waals surface area contributed by atoms with Gasteiger partial charge in [-0.25, -0.2) is 4.39 Å². The summed E-state index contributed by atoms with van der Waals surface area (Å²) in [6, 6.07) is 20.2. The summed E-state index contributed by atoms with van der Waals surface area (Å²) in [5, 5.41) is 9.70. The van der Waals surface area contributed by atoms with Crippen molar-refractivity contribution in [2.75, 3.05) is 12.4 Å². The number of hydrogen-bond acceptors (Lipinski definition) is 5. The lowest BCUT2D eigenvalue weighted by Gasteiger charge is -2.10. The van der Waals surface area contributed by atoms with Crippen LogP contribution in [0, 0.1) is 5.82 Å². The van der Waals surface area contributed by atoms with Crippen LogP contribution in [0.5, 0.6) is 5.75 Å². The van der Waals surface area contributed by atoms with Crippen LogP contribution in [-0.2, 0) is 6.54 Å². The van der Waals surface area contributed by atoms with E-state index in [-0.39, 0.29) is 5.82 Å². The van der Waals surface area contributed by atoms with Crippen LogP contribution in [0.4, 0.5) is 4.39 Å². The third kappa shape index (κ3) is 5.24. The topological polar surface area (TPSA) is 52.8 Å². The second-order valence-electron chi connectivity index (χ2n) is 6.62. The molecular weight excluding hydrogens is 399 g/mol. The highest BCUT2D eigenvalue weighted by atomic mass is 32.2. The molecule has 0 aliphatic carbocycles. The second kappa shape index (κ2) is 10.0. The van der Waals surface area contributed by atoms with E-state index in [4.69, 9.17) is 4.74 Å². The highest BCUT2D eigenvalue weighted by Gasteiger charge is 2.15. The Morgan fingerprint density at radius 3 is 2.53 bits per heavy atom. The fraction of sp³-hybridized carbons (Fsp3) is 0.174. The van der Waals surface area contributed by atoms with Gasteiger partial charge in [0.1, 0.15) is 11.6 Å². The lowest BCUT2D eigenvalue weighted by atomic mass is 10.2. The van der Waals surface area contributed by atoms with E-state index in [2.05, 4.69) is 31.9 Å². The first kappa shape index (κ1) is 20.1. The van der Waals surface area contributed by atoms with Gasteiger partial charge in [-0.1, -0.05) is 42.1 Å². The summed E-state index contributed by atoms with van der Waals surface area (Å²) in [7, 11) is 0. The molecule has 30 heavy (non-hydrogen) atoms. The largest absolute Gasteiger partial charge is 0.494 e. The van der Waals surface area contributed by atoms with Crippen molar-refractivity contribution in [2.45, 2.75) is 18.1 Å². The van der Waals surface area contributed by atoms with Gasteiger partial charge in [-0.15, -0.1) is 10.2 Å². The molecule has 2 aromatic carbocycles. The zero-order chi connectivity index (χ0) is 20.6. The van der Waals surface area contributed by atoms with Gasteiger partial charge in [0.25, 0.3) is 0 Å². The fourth-order valence-corrected chi connectivity index (χ4v) is 3.81. The van der Waals surface area contributed by atoms with Crippen molar-refractivity contribution in [1.29, 1.82) is 0 Å². The highest BCUT2D eigenvalue weighted by molar-refractivity contribution is 7.99. The first-order chi connectivity index (χ1) is 14.8. The van der Waals surface area contributed by atoms with Gasteiger partial charge in [0, 0.05) is 23.7 Å². The Bertz CT molecular complexity index is 1060. The molecule has 4 aromatic rings. The summed E-state index contributed by atoms with van der Waals surface area (Å²) in [6.45, 7) is 1.24. The zero-order valence-corrected chi connectivity index (χ0v) is 17.1. The van der Waals surface area contributed by atoms with Gasteiger partial charge in [0.2, 0.25) is 0 Å². The van der Waals surface area contributed by atoms with Crippen LogP contribution in [0.15, 0.2) is 84.3 Å². The van der Waals surface area contributed by atoms with Crippen LogP contribution in [0.25, 0.3) is 11.4 Å². The molecule has 0 fully saturated rings. The van der Waals surface area contributed by atoms with Crippen molar-refractivity contribution in [2.24, 2.45) is 0 Å². The number of aromatic nitrogens is 4. The minimum absolute atomic E-state index is 0.264. The SMILES string of the molecule is Fc1ccc(OCCCSc2nnc(-c3cccnc3)n2Cc2ccccc2)cc1. The monoisotopic (exact) mass is 420 g/mol. The van der Waals surface area contributed by atoms with Crippen molar-refractivity contribution >= 4 is 11.8 Å². The quantitative estimate of drug-likeness (QED) is 0.279. The van der Waals surface area contributed by atoms with Crippen molar-refractivity contribution in [3.8, 4) is 17.1 Å². The van der Waals surface area contributed by atoms with E-state index >= 15 is 0 Å². The lowest BCUT2D eigenvalue weighted by Crippen LogP contribution is -2.05. The van der Waals surface area contributed by atoms with Crippen molar-refractivity contribution in [3.05, 3.63) is 90.5 Å². The normalized spacial score (nSPS) is 10.8. The molecule has 4 rings (SSSR count). The van der Waals surface area contributed by atoms with Crippen LogP contribution in [0.3, 0.4) is 0 Å². The summed E-state index contributed by atoms with van der Waals surface area (Å²) >= 11 is 1.65. The zero-order valence-electron chi connectivity index (χ0n) is 16.3. The molecule has 5 nitrogen and oxygen atoms in total. The van der Waals surface area contributed by atoms with E-state index in [0.29, 0.717) is 18.9 Å². The minimum atomic E-state index is -0.264. The van der Waals surface area contributed by atoms with Gasteiger partial charge in [-0.3, -0.25) is 9.55 Å². The molecule has 152 valence electrons. The van der Waals surface area contributed by atoms with Crippen LogP contribution in [-0.4, -0.2) is 32.1 Å². The van der Waals surface area contributed by atoms with Crippen molar-refractivity contribution in [1.82, 2.24) is 19.7 Å². The van der Waals surface area contributed by atoms with Gasteiger partial charge in [0.15, 0.2) is 11.0 Å². The number of halogens is 1. The van der Waals surface area contributed by atoms with Crippen LogP contribution >= 0.6 is 11.8 Å². The number of ether oxygens (including phenoxy) is 1. The molecular formula is C23H21FN4OS. The van der Waals surface area contributed by atoms with E-state index in [1.807, 2.05) is 30.3 Å². The summed E-state index contributed by atoms with van der Waals surface area (Å²) in [5.74, 6) is 2.05. The summed E-state index contributed by atoms with van der Waals surface area (Å²) in [6.07, 6.45) is 4.39. The van der Waals surface area contributed by atoms with Gasteiger partial charge in [-0.2, -0.15) is 0 Å². The van der Waals surface area contributed by atoms with E-state index in [0.717, 1.165) is 28.7 Å². The number of benzene rings is 2. The molecule has 0 aliphatic heterocycles. The van der Waals surface area contributed by atoms with Crippen LogP contribution < -0.4 is 4.74 Å².